The number of sulfonamides is 1. The zero-order valence-electron chi connectivity index (χ0n) is 9.70. The van der Waals surface area contributed by atoms with Crippen LogP contribution >= 0.6 is 0 Å². The fourth-order valence-corrected chi connectivity index (χ4v) is 3.17. The summed E-state index contributed by atoms with van der Waals surface area (Å²) in [5.74, 6) is -0.388. The van der Waals surface area contributed by atoms with Gasteiger partial charge >= 0.3 is 6.18 Å². The topological polar surface area (TPSA) is 78.6 Å². The van der Waals surface area contributed by atoms with E-state index in [2.05, 4.69) is 4.74 Å². The predicted octanol–water partition coefficient (Wildman–Crippen LogP) is 0.651. The summed E-state index contributed by atoms with van der Waals surface area (Å²) < 4.78 is 67.8. The molecule has 2 N–H and O–H groups in total. The van der Waals surface area contributed by atoms with Crippen LogP contribution in [0.15, 0.2) is 0 Å². The average molecular weight is 291 g/mol. The van der Waals surface area contributed by atoms with Crippen LogP contribution in [0.25, 0.3) is 0 Å². The maximum absolute atomic E-state index is 12.0. The first-order valence-corrected chi connectivity index (χ1v) is 7.06. The molecular formula is C9H16F3NO4S. The first-order valence-electron chi connectivity index (χ1n) is 5.35. The van der Waals surface area contributed by atoms with Gasteiger partial charge in [0.05, 0.1) is 12.4 Å². The minimum absolute atomic E-state index is 0.285. The maximum atomic E-state index is 12.0. The summed E-state index contributed by atoms with van der Waals surface area (Å²) >= 11 is 0. The third-order valence-corrected chi connectivity index (χ3v) is 3.75. The van der Waals surface area contributed by atoms with E-state index < -0.39 is 28.2 Å². The molecule has 1 rings (SSSR count). The second kappa shape index (κ2) is 5.72. The van der Waals surface area contributed by atoms with Crippen LogP contribution in [0.2, 0.25) is 0 Å². The molecule has 1 aliphatic heterocycles. The van der Waals surface area contributed by atoms with E-state index in [1.54, 1.807) is 0 Å². The quantitative estimate of drug-likeness (QED) is 0.806. The molecule has 1 heterocycles. The summed E-state index contributed by atoms with van der Waals surface area (Å²) in [7, 11) is -3.76. The van der Waals surface area contributed by atoms with Crippen molar-refractivity contribution in [2.45, 2.75) is 19.0 Å². The smallest absolute Gasteiger partial charge is 0.381 e. The van der Waals surface area contributed by atoms with Gasteiger partial charge in [0.1, 0.15) is 6.61 Å². The Morgan fingerprint density at radius 3 is 2.28 bits per heavy atom. The molecule has 0 atom stereocenters. The zero-order chi connectivity index (χ0) is 13.9. The summed E-state index contributed by atoms with van der Waals surface area (Å²) in [6.07, 6.45) is -3.78. The van der Waals surface area contributed by atoms with Crippen LogP contribution in [0.3, 0.4) is 0 Å². The zero-order valence-corrected chi connectivity index (χ0v) is 10.5. The first-order chi connectivity index (χ1) is 8.12. The van der Waals surface area contributed by atoms with Gasteiger partial charge in [-0.1, -0.05) is 0 Å². The number of halogens is 3. The number of hydrogen-bond donors (Lipinski definition) is 1. The Balaban J connectivity index is 2.61. The number of ether oxygens (including phenoxy) is 2. The average Bonchev–Trinajstić information content (AvgIpc) is 2.13. The van der Waals surface area contributed by atoms with Crippen molar-refractivity contribution in [1.82, 2.24) is 0 Å². The van der Waals surface area contributed by atoms with Crippen molar-refractivity contribution in [3.05, 3.63) is 0 Å². The van der Waals surface area contributed by atoms with Crippen LogP contribution in [0, 0.1) is 5.41 Å². The molecule has 0 saturated carbocycles. The molecule has 9 heteroatoms. The maximum Gasteiger partial charge on any atom is 0.411 e. The highest BCUT2D eigenvalue weighted by Gasteiger charge is 2.38. The number of primary sulfonamides is 1. The largest absolute Gasteiger partial charge is 0.411 e. The summed E-state index contributed by atoms with van der Waals surface area (Å²) in [6, 6.07) is 0. The van der Waals surface area contributed by atoms with E-state index in [-0.39, 0.29) is 12.4 Å². The molecule has 1 fully saturated rings. The van der Waals surface area contributed by atoms with Crippen molar-refractivity contribution in [1.29, 1.82) is 0 Å². The standard InChI is InChI=1S/C9H16F3NO4S/c10-9(11,12)6-17-5-8(7-18(13,14)15)1-3-16-4-2-8/h1-7H2,(H2,13,14,15). The highest BCUT2D eigenvalue weighted by atomic mass is 32.2. The summed E-state index contributed by atoms with van der Waals surface area (Å²) in [4.78, 5) is 0. The van der Waals surface area contributed by atoms with Gasteiger partial charge in [0.25, 0.3) is 0 Å². The van der Waals surface area contributed by atoms with E-state index >= 15 is 0 Å². The molecule has 0 amide bonds. The molecule has 0 spiro atoms. The third kappa shape index (κ3) is 5.98. The summed E-state index contributed by atoms with van der Waals surface area (Å²) in [5, 5.41) is 4.96. The van der Waals surface area contributed by atoms with Crippen molar-refractivity contribution < 1.29 is 31.1 Å². The van der Waals surface area contributed by atoms with E-state index in [0.717, 1.165) is 0 Å². The Morgan fingerprint density at radius 1 is 1.28 bits per heavy atom. The number of alkyl halides is 3. The van der Waals surface area contributed by atoms with Crippen LogP contribution in [0.1, 0.15) is 12.8 Å². The lowest BCUT2D eigenvalue weighted by Crippen LogP contribution is -2.42. The fraction of sp³-hybridized carbons (Fsp3) is 1.00. The van der Waals surface area contributed by atoms with Crippen molar-refractivity contribution in [3.63, 3.8) is 0 Å². The van der Waals surface area contributed by atoms with Gasteiger partial charge in [-0.3, -0.25) is 0 Å². The van der Waals surface area contributed by atoms with Gasteiger partial charge in [-0.15, -0.1) is 0 Å². The molecule has 0 unspecified atom stereocenters. The van der Waals surface area contributed by atoms with E-state index in [1.807, 2.05) is 0 Å². The summed E-state index contributed by atoms with van der Waals surface area (Å²) in [6.45, 7) is -1.08. The lowest BCUT2D eigenvalue weighted by Gasteiger charge is -2.36. The molecule has 0 aliphatic carbocycles. The Hall–Kier alpha value is -0.380. The Labute approximate surface area is 103 Å². The lowest BCUT2D eigenvalue weighted by molar-refractivity contribution is -0.183. The van der Waals surface area contributed by atoms with Crippen molar-refractivity contribution in [2.24, 2.45) is 10.6 Å². The molecule has 5 nitrogen and oxygen atoms in total. The highest BCUT2D eigenvalue weighted by Crippen LogP contribution is 2.32. The molecule has 1 aliphatic rings. The monoisotopic (exact) mass is 291 g/mol. The summed E-state index contributed by atoms with van der Waals surface area (Å²) in [5.41, 5.74) is -0.878. The Morgan fingerprint density at radius 2 is 1.83 bits per heavy atom. The first kappa shape index (κ1) is 15.7. The molecule has 18 heavy (non-hydrogen) atoms. The molecule has 0 radical (unpaired) electrons. The van der Waals surface area contributed by atoms with Crippen LogP contribution in [0.5, 0.6) is 0 Å². The van der Waals surface area contributed by atoms with Crippen LogP contribution in [0.4, 0.5) is 13.2 Å². The van der Waals surface area contributed by atoms with E-state index in [4.69, 9.17) is 9.88 Å². The lowest BCUT2D eigenvalue weighted by atomic mass is 9.83. The molecule has 0 aromatic heterocycles. The number of rotatable bonds is 5. The Bertz CT molecular complexity index is 362. The molecule has 0 bridgehead atoms. The van der Waals surface area contributed by atoms with Crippen LogP contribution in [-0.4, -0.2) is 46.8 Å². The molecule has 1 saturated heterocycles. The van der Waals surface area contributed by atoms with Gasteiger partial charge in [0, 0.05) is 18.6 Å². The minimum atomic E-state index is -4.42. The van der Waals surface area contributed by atoms with E-state index in [1.165, 1.54) is 0 Å². The normalized spacial score (nSPS) is 20.9. The van der Waals surface area contributed by atoms with E-state index in [0.29, 0.717) is 26.1 Å². The highest BCUT2D eigenvalue weighted by molar-refractivity contribution is 7.89. The van der Waals surface area contributed by atoms with Gasteiger partial charge in [0.2, 0.25) is 10.0 Å². The SMILES string of the molecule is NS(=O)(=O)CC1(COCC(F)(F)F)CCOCC1. The van der Waals surface area contributed by atoms with Gasteiger partial charge < -0.3 is 9.47 Å². The van der Waals surface area contributed by atoms with E-state index in [9.17, 15) is 21.6 Å². The fourth-order valence-electron chi connectivity index (χ4n) is 1.94. The third-order valence-electron chi connectivity index (χ3n) is 2.73. The minimum Gasteiger partial charge on any atom is -0.381 e. The second-order valence-electron chi connectivity index (χ2n) is 4.53. The van der Waals surface area contributed by atoms with Crippen LogP contribution in [-0.2, 0) is 19.5 Å². The van der Waals surface area contributed by atoms with Crippen molar-refractivity contribution >= 4 is 10.0 Å². The molecule has 0 aromatic carbocycles. The molecular weight excluding hydrogens is 275 g/mol. The Kier molecular flexibility index (Phi) is 4.98. The second-order valence-corrected chi connectivity index (χ2v) is 6.14. The molecule has 108 valence electrons. The van der Waals surface area contributed by atoms with Gasteiger partial charge in [-0.25, -0.2) is 13.6 Å². The number of hydrogen-bond acceptors (Lipinski definition) is 4. The predicted molar refractivity (Wildman–Crippen MR) is 57.3 cm³/mol. The van der Waals surface area contributed by atoms with Crippen molar-refractivity contribution in [2.75, 3.05) is 32.2 Å². The number of nitrogens with two attached hydrogens (primary N) is 1. The van der Waals surface area contributed by atoms with Gasteiger partial charge in [0.15, 0.2) is 0 Å². The van der Waals surface area contributed by atoms with Crippen LogP contribution < -0.4 is 5.14 Å². The molecule has 0 aromatic rings. The van der Waals surface area contributed by atoms with Gasteiger partial charge in [-0.05, 0) is 12.8 Å². The van der Waals surface area contributed by atoms with Gasteiger partial charge in [-0.2, -0.15) is 13.2 Å². The van der Waals surface area contributed by atoms with Crippen molar-refractivity contribution in [3.8, 4) is 0 Å².